The smallest absolute Gasteiger partial charge is 0.240 e. The van der Waals surface area contributed by atoms with E-state index in [-0.39, 0.29) is 0 Å². The molecule has 0 saturated carbocycles. The molecule has 1 saturated heterocycles. The lowest BCUT2D eigenvalue weighted by molar-refractivity contribution is 0.229. The molecule has 20 heavy (non-hydrogen) atoms. The van der Waals surface area contributed by atoms with Crippen molar-refractivity contribution in [2.45, 2.75) is 30.7 Å². The number of anilines is 1. The average Bonchev–Trinajstić information content (AvgIpc) is 2.48. The van der Waals surface area contributed by atoms with Crippen molar-refractivity contribution in [3.8, 4) is 0 Å². The van der Waals surface area contributed by atoms with Crippen LogP contribution < -0.4 is 10.0 Å². The van der Waals surface area contributed by atoms with E-state index in [1.807, 2.05) is 12.1 Å². The molecule has 1 heterocycles. The molecule has 1 aliphatic heterocycles. The predicted octanol–water partition coefficient (Wildman–Crippen LogP) is 1.49. The standard InChI is InChI=1S/C14H23N3O2S/c1-3-17-10-8-13(9-11-17)16-12-4-6-14(7-5-12)20(18,19)15-2/h4-7,13,15-16H,3,8-11H2,1-2H3. The maximum absolute atomic E-state index is 11.6. The first-order valence-corrected chi connectivity index (χ1v) is 8.56. The zero-order valence-electron chi connectivity index (χ0n) is 12.1. The van der Waals surface area contributed by atoms with E-state index in [1.165, 1.54) is 7.05 Å². The van der Waals surface area contributed by atoms with Crippen LogP contribution in [0.3, 0.4) is 0 Å². The molecule has 1 aromatic rings. The van der Waals surface area contributed by atoms with Crippen LogP contribution in [0.1, 0.15) is 19.8 Å². The van der Waals surface area contributed by atoms with Gasteiger partial charge in [-0.2, -0.15) is 0 Å². The first kappa shape index (κ1) is 15.3. The van der Waals surface area contributed by atoms with Crippen molar-refractivity contribution < 1.29 is 8.42 Å². The number of likely N-dealkylation sites (tertiary alicyclic amines) is 1. The van der Waals surface area contributed by atoms with Gasteiger partial charge in [0.2, 0.25) is 10.0 Å². The molecule has 6 heteroatoms. The summed E-state index contributed by atoms with van der Waals surface area (Å²) in [5, 5.41) is 3.48. The summed E-state index contributed by atoms with van der Waals surface area (Å²) >= 11 is 0. The zero-order valence-corrected chi connectivity index (χ0v) is 12.9. The van der Waals surface area contributed by atoms with Crippen LogP contribution in [0.15, 0.2) is 29.2 Å². The van der Waals surface area contributed by atoms with E-state index in [0.717, 1.165) is 38.2 Å². The zero-order chi connectivity index (χ0) is 14.6. The Bertz CT molecular complexity index is 520. The highest BCUT2D eigenvalue weighted by molar-refractivity contribution is 7.89. The molecule has 2 N–H and O–H groups in total. The van der Waals surface area contributed by atoms with Gasteiger partial charge in [0.05, 0.1) is 4.90 Å². The highest BCUT2D eigenvalue weighted by atomic mass is 32.2. The third kappa shape index (κ3) is 3.71. The van der Waals surface area contributed by atoms with Gasteiger partial charge in [-0.25, -0.2) is 13.1 Å². The fourth-order valence-corrected chi connectivity index (χ4v) is 3.21. The number of benzene rings is 1. The quantitative estimate of drug-likeness (QED) is 0.864. The molecule has 1 fully saturated rings. The molecule has 1 aliphatic rings. The Kier molecular flexibility index (Phi) is 5.01. The second-order valence-electron chi connectivity index (χ2n) is 5.08. The van der Waals surface area contributed by atoms with Crippen molar-refractivity contribution in [1.82, 2.24) is 9.62 Å². The molecule has 112 valence electrons. The number of nitrogens with one attached hydrogen (secondary N) is 2. The largest absolute Gasteiger partial charge is 0.382 e. The van der Waals surface area contributed by atoms with Gasteiger partial charge in [0, 0.05) is 24.8 Å². The van der Waals surface area contributed by atoms with Crippen LogP contribution >= 0.6 is 0 Å². The maximum Gasteiger partial charge on any atom is 0.240 e. The summed E-state index contributed by atoms with van der Waals surface area (Å²) in [4.78, 5) is 2.74. The Morgan fingerprint density at radius 2 is 1.80 bits per heavy atom. The minimum Gasteiger partial charge on any atom is -0.382 e. The van der Waals surface area contributed by atoms with Crippen molar-refractivity contribution in [2.24, 2.45) is 0 Å². The minimum absolute atomic E-state index is 0.298. The fraction of sp³-hybridized carbons (Fsp3) is 0.571. The summed E-state index contributed by atoms with van der Waals surface area (Å²) in [5.74, 6) is 0. The van der Waals surface area contributed by atoms with Crippen LogP contribution in [-0.4, -0.2) is 46.0 Å². The van der Waals surface area contributed by atoms with Crippen molar-refractivity contribution in [3.63, 3.8) is 0 Å². The van der Waals surface area contributed by atoms with E-state index < -0.39 is 10.0 Å². The molecule has 0 radical (unpaired) electrons. The van der Waals surface area contributed by atoms with Crippen molar-refractivity contribution >= 4 is 15.7 Å². The number of hydrogen-bond acceptors (Lipinski definition) is 4. The van der Waals surface area contributed by atoms with Crippen molar-refractivity contribution in [2.75, 3.05) is 32.0 Å². The van der Waals surface area contributed by atoms with Gasteiger partial charge in [-0.15, -0.1) is 0 Å². The summed E-state index contributed by atoms with van der Waals surface area (Å²) in [6.07, 6.45) is 2.26. The van der Waals surface area contributed by atoms with E-state index in [1.54, 1.807) is 12.1 Å². The predicted molar refractivity (Wildman–Crippen MR) is 81.4 cm³/mol. The number of nitrogens with zero attached hydrogens (tertiary/aromatic N) is 1. The molecule has 5 nitrogen and oxygen atoms in total. The number of piperidine rings is 1. The molecule has 0 bridgehead atoms. The Hall–Kier alpha value is -1.11. The Balaban J connectivity index is 1.95. The van der Waals surface area contributed by atoms with Crippen LogP contribution in [-0.2, 0) is 10.0 Å². The van der Waals surface area contributed by atoms with E-state index in [0.29, 0.717) is 10.9 Å². The number of rotatable bonds is 5. The van der Waals surface area contributed by atoms with Crippen molar-refractivity contribution in [1.29, 1.82) is 0 Å². The van der Waals surface area contributed by atoms with E-state index in [2.05, 4.69) is 21.9 Å². The molecule has 0 amide bonds. The molecule has 0 unspecified atom stereocenters. The lowest BCUT2D eigenvalue weighted by Crippen LogP contribution is -2.38. The fourth-order valence-electron chi connectivity index (χ4n) is 2.48. The molecular weight excluding hydrogens is 274 g/mol. The van der Waals surface area contributed by atoms with Crippen LogP contribution in [0.25, 0.3) is 0 Å². The summed E-state index contributed by atoms with van der Waals surface area (Å²) in [6.45, 7) is 5.55. The van der Waals surface area contributed by atoms with Crippen LogP contribution in [0.4, 0.5) is 5.69 Å². The molecule has 0 spiro atoms. The SMILES string of the molecule is CCN1CCC(Nc2ccc(S(=O)(=O)NC)cc2)CC1. The van der Waals surface area contributed by atoms with Gasteiger partial charge in [0.15, 0.2) is 0 Å². The first-order valence-electron chi connectivity index (χ1n) is 7.07. The first-order chi connectivity index (χ1) is 9.55. The molecule has 2 rings (SSSR count). The molecule has 0 aliphatic carbocycles. The lowest BCUT2D eigenvalue weighted by atomic mass is 10.0. The van der Waals surface area contributed by atoms with Gasteiger partial charge < -0.3 is 10.2 Å². The third-order valence-electron chi connectivity index (χ3n) is 3.84. The van der Waals surface area contributed by atoms with E-state index >= 15 is 0 Å². The normalized spacial score (nSPS) is 18.1. The van der Waals surface area contributed by atoms with E-state index in [4.69, 9.17) is 0 Å². The third-order valence-corrected chi connectivity index (χ3v) is 5.27. The summed E-state index contributed by atoms with van der Waals surface area (Å²) in [7, 11) is -1.92. The van der Waals surface area contributed by atoms with Gasteiger partial charge in [0.25, 0.3) is 0 Å². The number of hydrogen-bond donors (Lipinski definition) is 2. The van der Waals surface area contributed by atoms with Crippen LogP contribution in [0.2, 0.25) is 0 Å². The summed E-state index contributed by atoms with van der Waals surface area (Å²) < 4.78 is 25.6. The van der Waals surface area contributed by atoms with Gasteiger partial charge >= 0.3 is 0 Å². The monoisotopic (exact) mass is 297 g/mol. The summed E-state index contributed by atoms with van der Waals surface area (Å²) in [5.41, 5.74) is 0.981. The number of sulfonamides is 1. The van der Waals surface area contributed by atoms with Gasteiger partial charge in [-0.3, -0.25) is 0 Å². The Morgan fingerprint density at radius 1 is 1.20 bits per heavy atom. The maximum atomic E-state index is 11.6. The highest BCUT2D eigenvalue weighted by Crippen LogP contribution is 2.18. The Morgan fingerprint density at radius 3 is 2.30 bits per heavy atom. The molecule has 1 aromatic carbocycles. The van der Waals surface area contributed by atoms with Crippen molar-refractivity contribution in [3.05, 3.63) is 24.3 Å². The topological polar surface area (TPSA) is 61.4 Å². The van der Waals surface area contributed by atoms with Gasteiger partial charge in [-0.05, 0) is 50.7 Å². The van der Waals surface area contributed by atoms with E-state index in [9.17, 15) is 8.42 Å². The van der Waals surface area contributed by atoms with Gasteiger partial charge in [-0.1, -0.05) is 6.92 Å². The van der Waals surface area contributed by atoms with Crippen LogP contribution in [0.5, 0.6) is 0 Å². The van der Waals surface area contributed by atoms with Crippen LogP contribution in [0, 0.1) is 0 Å². The second-order valence-corrected chi connectivity index (χ2v) is 6.97. The average molecular weight is 297 g/mol. The van der Waals surface area contributed by atoms with Gasteiger partial charge in [0.1, 0.15) is 0 Å². The molecule has 0 atom stereocenters. The lowest BCUT2D eigenvalue weighted by Gasteiger charge is -2.32. The molecule has 0 aromatic heterocycles. The minimum atomic E-state index is -3.34. The Labute approximate surface area is 121 Å². The second kappa shape index (κ2) is 6.56. The molecular formula is C14H23N3O2S. The summed E-state index contributed by atoms with van der Waals surface area (Å²) in [6, 6.07) is 7.40. The highest BCUT2D eigenvalue weighted by Gasteiger charge is 2.18.